The van der Waals surface area contributed by atoms with Crippen molar-refractivity contribution >= 4 is 21.8 Å². The SMILES string of the molecule is Cc1cc(-c2cc(C)c3ncccc3c2)cc2cccnc12. The van der Waals surface area contributed by atoms with E-state index in [0.717, 1.165) is 11.0 Å². The smallest absolute Gasteiger partial charge is 0.0731 e. The Balaban J connectivity index is 1.99. The van der Waals surface area contributed by atoms with Crippen LogP contribution in [0.5, 0.6) is 0 Å². The van der Waals surface area contributed by atoms with Gasteiger partial charge in [0, 0.05) is 23.2 Å². The molecule has 4 rings (SSSR count). The summed E-state index contributed by atoms with van der Waals surface area (Å²) < 4.78 is 0. The molecule has 0 amide bonds. The fourth-order valence-electron chi connectivity index (χ4n) is 3.08. The number of pyridine rings is 2. The van der Waals surface area contributed by atoms with Crippen molar-refractivity contribution in [1.82, 2.24) is 9.97 Å². The summed E-state index contributed by atoms with van der Waals surface area (Å²) in [5.41, 5.74) is 7.02. The number of benzene rings is 2. The molecule has 2 heteroatoms. The molecule has 4 aromatic rings. The molecule has 0 saturated heterocycles. The minimum Gasteiger partial charge on any atom is -0.256 e. The molecule has 106 valence electrons. The third-order valence-electron chi connectivity index (χ3n) is 4.12. The first-order valence-electron chi connectivity index (χ1n) is 7.43. The van der Waals surface area contributed by atoms with Crippen LogP contribution < -0.4 is 0 Å². The highest BCUT2D eigenvalue weighted by molar-refractivity contribution is 5.91. The first kappa shape index (κ1) is 13.0. The summed E-state index contributed by atoms with van der Waals surface area (Å²) in [6, 6.07) is 17.1. The van der Waals surface area contributed by atoms with Gasteiger partial charge in [0.25, 0.3) is 0 Å². The molecule has 0 N–H and O–H groups in total. The summed E-state index contributed by atoms with van der Waals surface area (Å²) in [6.07, 6.45) is 3.70. The average molecular weight is 284 g/mol. The topological polar surface area (TPSA) is 25.8 Å². The van der Waals surface area contributed by atoms with Crippen LogP contribution in [0.25, 0.3) is 32.9 Å². The molecule has 2 nitrogen and oxygen atoms in total. The number of hydrogen-bond donors (Lipinski definition) is 0. The van der Waals surface area contributed by atoms with Crippen molar-refractivity contribution in [3.05, 3.63) is 72.1 Å². The van der Waals surface area contributed by atoms with Crippen molar-refractivity contribution in [2.45, 2.75) is 13.8 Å². The van der Waals surface area contributed by atoms with Gasteiger partial charge in [-0.2, -0.15) is 0 Å². The summed E-state index contributed by atoms with van der Waals surface area (Å²) in [6.45, 7) is 4.24. The van der Waals surface area contributed by atoms with Gasteiger partial charge in [0.2, 0.25) is 0 Å². The first-order chi connectivity index (χ1) is 10.7. The Labute approximate surface area is 129 Å². The van der Waals surface area contributed by atoms with Crippen molar-refractivity contribution in [3.63, 3.8) is 0 Å². The lowest BCUT2D eigenvalue weighted by molar-refractivity contribution is 1.36. The van der Waals surface area contributed by atoms with Crippen molar-refractivity contribution in [3.8, 4) is 11.1 Å². The van der Waals surface area contributed by atoms with Gasteiger partial charge in [0.15, 0.2) is 0 Å². The van der Waals surface area contributed by atoms with Crippen LogP contribution in [0.3, 0.4) is 0 Å². The van der Waals surface area contributed by atoms with Crippen LogP contribution in [0, 0.1) is 13.8 Å². The second-order valence-corrected chi connectivity index (χ2v) is 5.74. The Morgan fingerprint density at radius 1 is 0.636 bits per heavy atom. The zero-order valence-electron chi connectivity index (χ0n) is 12.7. The van der Waals surface area contributed by atoms with E-state index in [-0.39, 0.29) is 0 Å². The average Bonchev–Trinajstić information content (AvgIpc) is 2.55. The van der Waals surface area contributed by atoms with E-state index in [0.29, 0.717) is 0 Å². The van der Waals surface area contributed by atoms with E-state index in [1.807, 2.05) is 24.5 Å². The molecular weight excluding hydrogens is 268 g/mol. The summed E-state index contributed by atoms with van der Waals surface area (Å²) in [5.74, 6) is 0. The first-order valence-corrected chi connectivity index (χ1v) is 7.43. The number of aromatic nitrogens is 2. The molecule has 0 spiro atoms. The molecular formula is C20H16N2. The van der Waals surface area contributed by atoms with E-state index in [2.05, 4.69) is 60.2 Å². The van der Waals surface area contributed by atoms with E-state index >= 15 is 0 Å². The highest BCUT2D eigenvalue weighted by atomic mass is 14.7. The van der Waals surface area contributed by atoms with Gasteiger partial charge < -0.3 is 0 Å². The largest absolute Gasteiger partial charge is 0.256 e. The normalized spacial score (nSPS) is 11.2. The van der Waals surface area contributed by atoms with Crippen LogP contribution in [0.2, 0.25) is 0 Å². The van der Waals surface area contributed by atoms with Crippen LogP contribution in [-0.2, 0) is 0 Å². The maximum atomic E-state index is 4.47. The minimum absolute atomic E-state index is 1.07. The van der Waals surface area contributed by atoms with E-state index in [4.69, 9.17) is 0 Å². The lowest BCUT2D eigenvalue weighted by atomic mass is 9.97. The minimum atomic E-state index is 1.07. The molecule has 0 aliphatic heterocycles. The molecule has 0 fully saturated rings. The highest BCUT2D eigenvalue weighted by Gasteiger charge is 2.07. The molecule has 0 atom stereocenters. The molecule has 0 unspecified atom stereocenters. The number of aryl methyl sites for hydroxylation is 2. The number of rotatable bonds is 1. The van der Waals surface area contributed by atoms with Crippen LogP contribution >= 0.6 is 0 Å². The van der Waals surface area contributed by atoms with E-state index < -0.39 is 0 Å². The zero-order chi connectivity index (χ0) is 15.1. The number of hydrogen-bond acceptors (Lipinski definition) is 2. The Hall–Kier alpha value is -2.74. The van der Waals surface area contributed by atoms with Gasteiger partial charge in [-0.05, 0) is 72.5 Å². The van der Waals surface area contributed by atoms with Gasteiger partial charge in [-0.25, -0.2) is 0 Å². The van der Waals surface area contributed by atoms with Gasteiger partial charge in [-0.1, -0.05) is 12.1 Å². The molecule has 2 aromatic carbocycles. The second kappa shape index (κ2) is 4.92. The van der Waals surface area contributed by atoms with Gasteiger partial charge in [0.05, 0.1) is 11.0 Å². The lowest BCUT2D eigenvalue weighted by Crippen LogP contribution is -1.88. The maximum Gasteiger partial charge on any atom is 0.0731 e. The zero-order valence-corrected chi connectivity index (χ0v) is 12.7. The van der Waals surface area contributed by atoms with Crippen molar-refractivity contribution < 1.29 is 0 Å². The molecule has 0 radical (unpaired) electrons. The molecule has 2 aromatic heterocycles. The van der Waals surface area contributed by atoms with Crippen molar-refractivity contribution in [2.24, 2.45) is 0 Å². The fourth-order valence-corrected chi connectivity index (χ4v) is 3.08. The number of fused-ring (bicyclic) bond motifs is 2. The van der Waals surface area contributed by atoms with E-state index in [1.165, 1.54) is 33.0 Å². The van der Waals surface area contributed by atoms with E-state index in [1.54, 1.807) is 0 Å². The standard InChI is InChI=1S/C20H16N2/c1-13-9-17(11-15-5-3-7-21-19(13)15)18-10-14(2)20-16(12-18)6-4-8-22-20/h3-12H,1-2H3. The third-order valence-corrected chi connectivity index (χ3v) is 4.12. The van der Waals surface area contributed by atoms with E-state index in [9.17, 15) is 0 Å². The predicted molar refractivity (Wildman–Crippen MR) is 92.0 cm³/mol. The van der Waals surface area contributed by atoms with Crippen molar-refractivity contribution in [1.29, 1.82) is 0 Å². The second-order valence-electron chi connectivity index (χ2n) is 5.74. The Morgan fingerprint density at radius 3 is 1.55 bits per heavy atom. The Morgan fingerprint density at radius 2 is 1.09 bits per heavy atom. The summed E-state index contributed by atoms with van der Waals surface area (Å²) in [4.78, 5) is 8.95. The highest BCUT2D eigenvalue weighted by Crippen LogP contribution is 2.30. The Kier molecular flexibility index (Phi) is 2.90. The molecule has 0 bridgehead atoms. The summed E-state index contributed by atoms with van der Waals surface area (Å²) >= 11 is 0. The fraction of sp³-hybridized carbons (Fsp3) is 0.100. The van der Waals surface area contributed by atoms with Gasteiger partial charge >= 0.3 is 0 Å². The summed E-state index contributed by atoms with van der Waals surface area (Å²) in [5, 5.41) is 2.36. The molecule has 0 aliphatic rings. The van der Waals surface area contributed by atoms with Crippen LogP contribution in [0.15, 0.2) is 60.9 Å². The van der Waals surface area contributed by atoms with Crippen LogP contribution in [-0.4, -0.2) is 9.97 Å². The van der Waals surface area contributed by atoms with Gasteiger partial charge in [0.1, 0.15) is 0 Å². The van der Waals surface area contributed by atoms with Gasteiger partial charge in [-0.15, -0.1) is 0 Å². The third kappa shape index (κ3) is 2.04. The monoisotopic (exact) mass is 284 g/mol. The molecule has 2 heterocycles. The lowest BCUT2D eigenvalue weighted by Gasteiger charge is -2.09. The molecule has 22 heavy (non-hydrogen) atoms. The van der Waals surface area contributed by atoms with Crippen LogP contribution in [0.4, 0.5) is 0 Å². The Bertz CT molecular complexity index is 920. The number of nitrogens with zero attached hydrogens (tertiary/aromatic N) is 2. The maximum absolute atomic E-state index is 4.47. The van der Waals surface area contributed by atoms with Crippen molar-refractivity contribution in [2.75, 3.05) is 0 Å². The predicted octanol–water partition coefficient (Wildman–Crippen LogP) is 5.07. The van der Waals surface area contributed by atoms with Crippen LogP contribution in [0.1, 0.15) is 11.1 Å². The quantitative estimate of drug-likeness (QED) is 0.488. The van der Waals surface area contributed by atoms with Gasteiger partial charge in [-0.3, -0.25) is 9.97 Å². The molecule has 0 saturated carbocycles. The molecule has 0 aliphatic carbocycles. The summed E-state index contributed by atoms with van der Waals surface area (Å²) in [7, 11) is 0.